The zero-order valence-electron chi connectivity index (χ0n) is 11.8. The molecule has 0 saturated heterocycles. The van der Waals surface area contributed by atoms with Gasteiger partial charge in [-0.3, -0.25) is 4.79 Å². The summed E-state index contributed by atoms with van der Waals surface area (Å²) < 4.78 is 14.9. The summed E-state index contributed by atoms with van der Waals surface area (Å²) in [5, 5.41) is 13.8. The number of carboxylic acid groups (broad SMARTS) is 1. The fourth-order valence-electron chi connectivity index (χ4n) is 2.71. The van der Waals surface area contributed by atoms with Gasteiger partial charge in [0, 0.05) is 17.9 Å². The van der Waals surface area contributed by atoms with E-state index in [0.717, 1.165) is 5.69 Å². The fraction of sp³-hybridized carbons (Fsp3) is 0.200. The predicted molar refractivity (Wildman–Crippen MR) is 82.3 cm³/mol. The number of carbonyl (C=O) groups is 2. The molecule has 1 aromatic carbocycles. The summed E-state index contributed by atoms with van der Waals surface area (Å²) in [5.74, 6) is -0.925. The Bertz CT molecular complexity index is 790. The third-order valence-corrected chi connectivity index (χ3v) is 4.01. The van der Waals surface area contributed by atoms with Gasteiger partial charge in [0.15, 0.2) is 0 Å². The van der Waals surface area contributed by atoms with Crippen molar-refractivity contribution in [2.24, 2.45) is 0 Å². The first-order valence-corrected chi connectivity index (χ1v) is 7.29. The van der Waals surface area contributed by atoms with Crippen LogP contribution in [0.1, 0.15) is 28.6 Å². The van der Waals surface area contributed by atoms with Crippen LogP contribution in [0, 0.1) is 5.82 Å². The lowest BCUT2D eigenvalue weighted by molar-refractivity contribution is 0.101. The zero-order valence-corrected chi connectivity index (χ0v) is 12.6. The second kappa shape index (κ2) is 5.92. The topological polar surface area (TPSA) is 83.4 Å². The first-order chi connectivity index (χ1) is 11.0. The van der Waals surface area contributed by atoms with E-state index in [9.17, 15) is 14.0 Å². The molecule has 3 rings (SSSR count). The Morgan fingerprint density at radius 3 is 2.78 bits per heavy atom. The van der Waals surface area contributed by atoms with Gasteiger partial charge in [-0.25, -0.2) is 9.18 Å². The molecular weight excluding hydrogens is 325 g/mol. The molecule has 0 fully saturated rings. The number of benzene rings is 1. The molecule has 8 heteroatoms. The maximum atomic E-state index is 13.1. The van der Waals surface area contributed by atoms with Crippen molar-refractivity contribution in [3.8, 4) is 0 Å². The minimum atomic E-state index is -1.10. The molecule has 2 aromatic rings. The normalized spacial score (nSPS) is 16.0. The van der Waals surface area contributed by atoms with Gasteiger partial charge in [-0.1, -0.05) is 11.6 Å². The van der Waals surface area contributed by atoms with Gasteiger partial charge in [-0.15, -0.1) is 0 Å². The third-order valence-electron chi connectivity index (χ3n) is 3.72. The van der Waals surface area contributed by atoms with Crippen LogP contribution in [-0.2, 0) is 6.54 Å². The van der Waals surface area contributed by atoms with Gasteiger partial charge in [0.1, 0.15) is 11.5 Å². The Labute approximate surface area is 135 Å². The van der Waals surface area contributed by atoms with Crippen LogP contribution < -0.4 is 10.6 Å². The van der Waals surface area contributed by atoms with Crippen molar-refractivity contribution in [3.05, 3.63) is 52.6 Å². The van der Waals surface area contributed by atoms with Crippen LogP contribution >= 0.6 is 11.6 Å². The quantitative estimate of drug-likeness (QED) is 0.804. The number of halogens is 2. The van der Waals surface area contributed by atoms with Gasteiger partial charge in [-0.05, 0) is 36.8 Å². The largest absolute Gasteiger partial charge is 0.465 e. The Morgan fingerprint density at radius 2 is 2.09 bits per heavy atom. The molecule has 2 heterocycles. The lowest BCUT2D eigenvalue weighted by Gasteiger charge is -2.09. The average molecular weight is 338 g/mol. The average Bonchev–Trinajstić information content (AvgIpc) is 3.05. The van der Waals surface area contributed by atoms with Gasteiger partial charge in [0.2, 0.25) is 0 Å². The highest BCUT2D eigenvalue weighted by Gasteiger charge is 2.27. The van der Waals surface area contributed by atoms with E-state index in [0.29, 0.717) is 24.3 Å². The van der Waals surface area contributed by atoms with Crippen LogP contribution in [0.25, 0.3) is 0 Å². The Balaban J connectivity index is 1.79. The van der Waals surface area contributed by atoms with E-state index >= 15 is 0 Å². The monoisotopic (exact) mass is 337 g/mol. The van der Waals surface area contributed by atoms with E-state index in [1.165, 1.54) is 18.2 Å². The molecule has 2 amide bonds. The van der Waals surface area contributed by atoms with Crippen LogP contribution in [0.4, 0.5) is 14.9 Å². The summed E-state index contributed by atoms with van der Waals surface area (Å²) in [4.78, 5) is 23.1. The summed E-state index contributed by atoms with van der Waals surface area (Å²) >= 11 is 5.69. The highest BCUT2D eigenvalue weighted by molar-refractivity contribution is 6.31. The molecule has 23 heavy (non-hydrogen) atoms. The molecule has 1 atom stereocenters. The van der Waals surface area contributed by atoms with Crippen LogP contribution in [0.15, 0.2) is 30.3 Å². The second-order valence-electron chi connectivity index (χ2n) is 5.17. The van der Waals surface area contributed by atoms with Gasteiger partial charge >= 0.3 is 6.09 Å². The van der Waals surface area contributed by atoms with E-state index in [2.05, 4.69) is 10.6 Å². The van der Waals surface area contributed by atoms with Crippen LogP contribution in [0.3, 0.4) is 0 Å². The Kier molecular flexibility index (Phi) is 3.96. The minimum Gasteiger partial charge on any atom is -0.465 e. The van der Waals surface area contributed by atoms with Crippen molar-refractivity contribution in [1.82, 2.24) is 9.88 Å². The van der Waals surface area contributed by atoms with E-state index in [1.54, 1.807) is 16.7 Å². The second-order valence-corrected chi connectivity index (χ2v) is 5.58. The summed E-state index contributed by atoms with van der Waals surface area (Å²) in [6.45, 7) is 0.542. The highest BCUT2D eigenvalue weighted by atomic mass is 35.5. The number of anilines is 1. The molecule has 1 aliphatic heterocycles. The molecule has 0 radical (unpaired) electrons. The number of hydrogen-bond donors (Lipinski definition) is 3. The van der Waals surface area contributed by atoms with Crippen molar-refractivity contribution in [3.63, 3.8) is 0 Å². The van der Waals surface area contributed by atoms with Gasteiger partial charge in [0.25, 0.3) is 5.91 Å². The minimum absolute atomic E-state index is 0.0751. The molecular formula is C15H13ClFN3O3. The summed E-state index contributed by atoms with van der Waals surface area (Å²) in [7, 11) is 0. The molecule has 1 aliphatic rings. The van der Waals surface area contributed by atoms with Crippen LogP contribution in [0.5, 0.6) is 0 Å². The SMILES string of the molecule is O=C(O)NC1CCn2c(C(=O)Nc3ccc(F)c(Cl)c3)ccc21. The third kappa shape index (κ3) is 3.00. The smallest absolute Gasteiger partial charge is 0.405 e. The molecule has 0 aliphatic carbocycles. The molecule has 3 N–H and O–H groups in total. The number of hydrogen-bond acceptors (Lipinski definition) is 2. The molecule has 1 unspecified atom stereocenters. The van der Waals surface area contributed by atoms with Crippen molar-refractivity contribution in [1.29, 1.82) is 0 Å². The van der Waals surface area contributed by atoms with Gasteiger partial charge < -0.3 is 20.3 Å². The fourth-order valence-corrected chi connectivity index (χ4v) is 2.89. The predicted octanol–water partition coefficient (Wildman–Crippen LogP) is 3.25. The van der Waals surface area contributed by atoms with E-state index in [1.807, 2.05) is 0 Å². The zero-order chi connectivity index (χ0) is 16.6. The van der Waals surface area contributed by atoms with E-state index < -0.39 is 11.9 Å². The number of aromatic nitrogens is 1. The standard InChI is InChI=1S/C15H13ClFN3O3/c16-9-7-8(1-2-10(9)17)18-14(21)13-4-3-12-11(19-15(22)23)5-6-20(12)13/h1-4,7,11,19H,5-6H2,(H,18,21)(H,22,23). The number of carbonyl (C=O) groups excluding carboxylic acids is 1. The molecule has 0 saturated carbocycles. The van der Waals surface area contributed by atoms with Crippen LogP contribution in [-0.4, -0.2) is 21.7 Å². The van der Waals surface area contributed by atoms with Crippen molar-refractivity contribution >= 4 is 29.3 Å². The summed E-state index contributed by atoms with van der Waals surface area (Å²) in [6, 6.07) is 6.95. The number of rotatable bonds is 3. The molecule has 120 valence electrons. The number of nitrogens with one attached hydrogen (secondary N) is 2. The number of fused-ring (bicyclic) bond motifs is 1. The lowest BCUT2D eigenvalue weighted by atomic mass is 10.2. The Morgan fingerprint density at radius 1 is 1.30 bits per heavy atom. The first kappa shape index (κ1) is 15.4. The molecule has 1 aromatic heterocycles. The van der Waals surface area contributed by atoms with E-state index in [-0.39, 0.29) is 17.0 Å². The number of amides is 2. The highest BCUT2D eigenvalue weighted by Crippen LogP contribution is 2.29. The van der Waals surface area contributed by atoms with E-state index in [4.69, 9.17) is 16.7 Å². The van der Waals surface area contributed by atoms with Crippen molar-refractivity contribution in [2.45, 2.75) is 19.0 Å². The van der Waals surface area contributed by atoms with Crippen molar-refractivity contribution < 1.29 is 19.1 Å². The summed E-state index contributed by atoms with van der Waals surface area (Å²) in [5.41, 5.74) is 1.54. The maximum absolute atomic E-state index is 13.1. The lowest BCUT2D eigenvalue weighted by Crippen LogP contribution is -2.25. The summed E-state index contributed by atoms with van der Waals surface area (Å²) in [6.07, 6.45) is -0.512. The molecule has 0 spiro atoms. The van der Waals surface area contributed by atoms with Gasteiger partial charge in [0.05, 0.1) is 11.1 Å². The van der Waals surface area contributed by atoms with Gasteiger partial charge in [-0.2, -0.15) is 0 Å². The van der Waals surface area contributed by atoms with Crippen LogP contribution in [0.2, 0.25) is 5.02 Å². The number of nitrogens with zero attached hydrogens (tertiary/aromatic N) is 1. The Hall–Kier alpha value is -2.54. The maximum Gasteiger partial charge on any atom is 0.405 e. The van der Waals surface area contributed by atoms with Crippen molar-refractivity contribution in [2.75, 3.05) is 5.32 Å². The molecule has 6 nitrogen and oxygen atoms in total. The first-order valence-electron chi connectivity index (χ1n) is 6.91. The molecule has 0 bridgehead atoms.